The summed E-state index contributed by atoms with van der Waals surface area (Å²) in [4.78, 5) is 13.0. The van der Waals surface area contributed by atoms with Crippen LogP contribution in [0.25, 0.3) is 0 Å². The number of amides is 1. The lowest BCUT2D eigenvalue weighted by molar-refractivity contribution is -0.130. The van der Waals surface area contributed by atoms with Crippen molar-refractivity contribution in [2.24, 2.45) is 11.3 Å². The standard InChI is InChI=1S/C8H9NO/c1-3-8-4-6(8)5-9(2)7(8)10/h1,6H,4-5H2,2H3/t6?,8-/m0/s1. The van der Waals surface area contributed by atoms with Crippen LogP contribution in [0, 0.1) is 23.7 Å². The lowest BCUT2D eigenvalue weighted by Crippen LogP contribution is -2.27. The number of hydrogen-bond donors (Lipinski definition) is 0. The van der Waals surface area contributed by atoms with E-state index in [9.17, 15) is 4.79 Å². The predicted molar refractivity (Wildman–Crippen MR) is 37.0 cm³/mol. The van der Waals surface area contributed by atoms with Crippen molar-refractivity contribution in [3.8, 4) is 12.3 Å². The number of piperidine rings is 1. The summed E-state index contributed by atoms with van der Waals surface area (Å²) >= 11 is 0. The molecule has 0 aromatic carbocycles. The molecule has 2 nitrogen and oxygen atoms in total. The fourth-order valence-corrected chi connectivity index (χ4v) is 1.80. The van der Waals surface area contributed by atoms with E-state index in [1.54, 1.807) is 4.90 Å². The molecule has 2 fully saturated rings. The van der Waals surface area contributed by atoms with Crippen molar-refractivity contribution < 1.29 is 4.79 Å². The van der Waals surface area contributed by atoms with Crippen molar-refractivity contribution in [2.45, 2.75) is 6.42 Å². The molecule has 2 rings (SSSR count). The number of fused-ring (bicyclic) bond motifs is 1. The van der Waals surface area contributed by atoms with Gasteiger partial charge in [-0.3, -0.25) is 4.79 Å². The number of carbonyl (C=O) groups is 1. The van der Waals surface area contributed by atoms with Crippen LogP contribution in [0.5, 0.6) is 0 Å². The summed E-state index contributed by atoms with van der Waals surface area (Å²) in [5.74, 6) is 3.22. The highest BCUT2D eigenvalue weighted by Crippen LogP contribution is 2.57. The van der Waals surface area contributed by atoms with E-state index in [1.165, 1.54) is 0 Å². The van der Waals surface area contributed by atoms with Gasteiger partial charge in [0.2, 0.25) is 5.91 Å². The fraction of sp³-hybridized carbons (Fsp3) is 0.625. The summed E-state index contributed by atoms with van der Waals surface area (Å²) in [6.45, 7) is 0.864. The van der Waals surface area contributed by atoms with Gasteiger partial charge in [0.25, 0.3) is 0 Å². The maximum Gasteiger partial charge on any atom is 0.240 e. The largest absolute Gasteiger partial charge is 0.344 e. The molecule has 0 aromatic rings. The highest BCUT2D eigenvalue weighted by Gasteiger charge is 2.65. The summed E-state index contributed by atoms with van der Waals surface area (Å²) in [6, 6.07) is 0. The molecular weight excluding hydrogens is 126 g/mol. The van der Waals surface area contributed by atoms with Crippen LogP contribution in [0.2, 0.25) is 0 Å². The lowest BCUT2D eigenvalue weighted by atomic mass is 10.1. The zero-order valence-electron chi connectivity index (χ0n) is 5.92. The first-order chi connectivity index (χ1) is 4.70. The SMILES string of the molecule is C#C[C@]12CC1CN(C)C2=O. The van der Waals surface area contributed by atoms with Crippen molar-refractivity contribution in [3.63, 3.8) is 0 Å². The van der Waals surface area contributed by atoms with Crippen molar-refractivity contribution in [1.29, 1.82) is 0 Å². The van der Waals surface area contributed by atoms with Crippen LogP contribution in [0.15, 0.2) is 0 Å². The van der Waals surface area contributed by atoms with Crippen molar-refractivity contribution in [1.82, 2.24) is 4.90 Å². The normalized spacial score (nSPS) is 43.0. The van der Waals surface area contributed by atoms with E-state index in [2.05, 4.69) is 5.92 Å². The molecule has 1 aliphatic carbocycles. The number of terminal acetylenes is 1. The molecule has 1 saturated carbocycles. The van der Waals surface area contributed by atoms with Crippen LogP contribution >= 0.6 is 0 Å². The first kappa shape index (κ1) is 5.79. The third kappa shape index (κ3) is 0.408. The van der Waals surface area contributed by atoms with Gasteiger partial charge in [-0.2, -0.15) is 0 Å². The maximum absolute atomic E-state index is 11.3. The molecule has 1 heterocycles. The van der Waals surface area contributed by atoms with E-state index >= 15 is 0 Å². The molecule has 0 N–H and O–H groups in total. The Morgan fingerprint density at radius 2 is 2.60 bits per heavy atom. The molecule has 2 heteroatoms. The molecule has 1 amide bonds. The highest BCUT2D eigenvalue weighted by molar-refractivity contribution is 5.92. The third-order valence-corrected chi connectivity index (χ3v) is 2.59. The van der Waals surface area contributed by atoms with E-state index in [0.29, 0.717) is 5.92 Å². The van der Waals surface area contributed by atoms with Crippen molar-refractivity contribution >= 4 is 5.91 Å². The van der Waals surface area contributed by atoms with Gasteiger partial charge in [0, 0.05) is 19.5 Å². The first-order valence-corrected chi connectivity index (χ1v) is 3.44. The van der Waals surface area contributed by atoms with Gasteiger partial charge in [-0.05, 0) is 6.42 Å². The molecule has 52 valence electrons. The Morgan fingerprint density at radius 3 is 2.90 bits per heavy atom. The van der Waals surface area contributed by atoms with Gasteiger partial charge < -0.3 is 4.90 Å². The molecule has 1 aliphatic heterocycles. The van der Waals surface area contributed by atoms with Gasteiger partial charge in [-0.1, -0.05) is 5.92 Å². The van der Waals surface area contributed by atoms with Crippen LogP contribution in [-0.2, 0) is 4.79 Å². The van der Waals surface area contributed by atoms with E-state index in [4.69, 9.17) is 6.42 Å². The van der Waals surface area contributed by atoms with Crippen LogP contribution < -0.4 is 0 Å². The summed E-state index contributed by atoms with van der Waals surface area (Å²) < 4.78 is 0. The van der Waals surface area contributed by atoms with Gasteiger partial charge in [-0.25, -0.2) is 0 Å². The monoisotopic (exact) mass is 135 g/mol. The zero-order valence-corrected chi connectivity index (χ0v) is 5.92. The molecule has 0 bridgehead atoms. The quantitative estimate of drug-likeness (QED) is 0.431. The number of rotatable bonds is 0. The van der Waals surface area contributed by atoms with E-state index < -0.39 is 0 Å². The average molecular weight is 135 g/mol. The summed E-state index contributed by atoms with van der Waals surface area (Å²) in [5, 5.41) is 0. The summed E-state index contributed by atoms with van der Waals surface area (Å²) in [6.07, 6.45) is 6.19. The van der Waals surface area contributed by atoms with Gasteiger partial charge in [0.05, 0.1) is 0 Å². The minimum atomic E-state index is -0.352. The van der Waals surface area contributed by atoms with Gasteiger partial charge in [0.1, 0.15) is 5.41 Å². The molecule has 2 aliphatic rings. The lowest BCUT2D eigenvalue weighted by Gasteiger charge is -2.11. The number of carbonyl (C=O) groups excluding carboxylic acids is 1. The number of hydrogen-bond acceptors (Lipinski definition) is 1. The molecule has 0 radical (unpaired) electrons. The molecule has 1 saturated heterocycles. The summed E-state index contributed by atoms with van der Waals surface area (Å²) in [5.41, 5.74) is -0.352. The Bertz CT molecular complexity index is 240. The average Bonchev–Trinajstić information content (AvgIpc) is 2.57. The molecule has 0 aromatic heterocycles. The minimum absolute atomic E-state index is 0.153. The van der Waals surface area contributed by atoms with Gasteiger partial charge in [-0.15, -0.1) is 6.42 Å². The summed E-state index contributed by atoms with van der Waals surface area (Å²) in [7, 11) is 1.81. The van der Waals surface area contributed by atoms with Crippen molar-refractivity contribution in [3.05, 3.63) is 0 Å². The van der Waals surface area contributed by atoms with E-state index in [1.807, 2.05) is 7.05 Å². The second kappa shape index (κ2) is 1.37. The fourth-order valence-electron chi connectivity index (χ4n) is 1.80. The smallest absolute Gasteiger partial charge is 0.240 e. The first-order valence-electron chi connectivity index (χ1n) is 3.44. The van der Waals surface area contributed by atoms with Crippen molar-refractivity contribution in [2.75, 3.05) is 13.6 Å². The Morgan fingerprint density at radius 1 is 1.90 bits per heavy atom. The predicted octanol–water partition coefficient (Wildman–Crippen LogP) is 0.0979. The van der Waals surface area contributed by atoms with Crippen LogP contribution in [0.4, 0.5) is 0 Å². The third-order valence-electron chi connectivity index (χ3n) is 2.59. The molecule has 1 unspecified atom stereocenters. The highest BCUT2D eigenvalue weighted by atomic mass is 16.2. The van der Waals surface area contributed by atoms with E-state index in [-0.39, 0.29) is 11.3 Å². The molecule has 2 atom stereocenters. The Kier molecular flexibility index (Phi) is 0.792. The number of likely N-dealkylation sites (tertiary alicyclic amines) is 1. The maximum atomic E-state index is 11.3. The van der Waals surface area contributed by atoms with E-state index in [0.717, 1.165) is 13.0 Å². The second-order valence-electron chi connectivity index (χ2n) is 3.20. The number of nitrogens with zero attached hydrogens (tertiary/aromatic N) is 1. The molecule has 10 heavy (non-hydrogen) atoms. The van der Waals surface area contributed by atoms with Gasteiger partial charge >= 0.3 is 0 Å². The zero-order chi connectivity index (χ0) is 7.35. The topological polar surface area (TPSA) is 20.3 Å². The van der Waals surface area contributed by atoms with Crippen LogP contribution in [0.1, 0.15) is 6.42 Å². The minimum Gasteiger partial charge on any atom is -0.344 e. The Labute approximate surface area is 60.2 Å². The second-order valence-corrected chi connectivity index (χ2v) is 3.20. The molecular formula is C8H9NO. The Hall–Kier alpha value is -0.970. The Balaban J connectivity index is 2.33. The van der Waals surface area contributed by atoms with Crippen LogP contribution in [-0.4, -0.2) is 24.4 Å². The van der Waals surface area contributed by atoms with Crippen LogP contribution in [0.3, 0.4) is 0 Å². The van der Waals surface area contributed by atoms with Gasteiger partial charge in [0.15, 0.2) is 0 Å². The molecule has 0 spiro atoms.